The molecule has 0 bridgehead atoms. The molecule has 1 aromatic rings. The molecular formula is C27H40N2O6. The highest BCUT2D eigenvalue weighted by Gasteiger charge is 2.47. The van der Waals surface area contributed by atoms with Crippen LogP contribution in [-0.2, 0) is 30.4 Å². The largest absolute Gasteiger partial charge is 0.469 e. The van der Waals surface area contributed by atoms with E-state index in [4.69, 9.17) is 14.2 Å². The number of likely N-dealkylation sites (tertiary alicyclic amines) is 1. The highest BCUT2D eigenvalue weighted by Crippen LogP contribution is 2.36. The predicted molar refractivity (Wildman–Crippen MR) is 131 cm³/mol. The molecule has 2 fully saturated rings. The first-order valence-corrected chi connectivity index (χ1v) is 12.6. The summed E-state index contributed by atoms with van der Waals surface area (Å²) in [6, 6.07) is 9.22. The van der Waals surface area contributed by atoms with Gasteiger partial charge in [0, 0.05) is 13.1 Å². The van der Waals surface area contributed by atoms with Gasteiger partial charge in [0.15, 0.2) is 0 Å². The van der Waals surface area contributed by atoms with Crippen LogP contribution in [-0.4, -0.2) is 61.3 Å². The average Bonchev–Trinajstić information content (AvgIpc) is 3.51. The molecule has 0 spiro atoms. The number of benzene rings is 1. The number of rotatable bonds is 9. The zero-order chi connectivity index (χ0) is 25.5. The van der Waals surface area contributed by atoms with Gasteiger partial charge in [-0.2, -0.15) is 0 Å². The van der Waals surface area contributed by atoms with E-state index in [0.717, 1.165) is 31.2 Å². The lowest BCUT2D eigenvalue weighted by Gasteiger charge is -2.29. The zero-order valence-electron chi connectivity index (χ0n) is 21.5. The van der Waals surface area contributed by atoms with Crippen LogP contribution < -0.4 is 5.32 Å². The molecule has 1 aromatic carbocycles. The van der Waals surface area contributed by atoms with Gasteiger partial charge < -0.3 is 24.4 Å². The molecule has 0 aromatic heterocycles. The van der Waals surface area contributed by atoms with Crippen LogP contribution in [0.1, 0.15) is 64.9 Å². The molecule has 1 saturated carbocycles. The van der Waals surface area contributed by atoms with Crippen LogP contribution in [0.5, 0.6) is 0 Å². The molecule has 3 rings (SSSR count). The van der Waals surface area contributed by atoms with Crippen molar-refractivity contribution in [1.82, 2.24) is 10.2 Å². The maximum Gasteiger partial charge on any atom is 0.410 e. The monoisotopic (exact) mass is 488 g/mol. The second-order valence-electron chi connectivity index (χ2n) is 10.7. The fourth-order valence-corrected chi connectivity index (χ4v) is 5.06. The summed E-state index contributed by atoms with van der Waals surface area (Å²) in [5.41, 5.74) is -0.486. The first kappa shape index (κ1) is 27.0. The minimum atomic E-state index is -0.827. The fourth-order valence-electron chi connectivity index (χ4n) is 5.06. The molecule has 1 N–H and O–H groups in total. The van der Waals surface area contributed by atoms with Gasteiger partial charge in [0.2, 0.25) is 0 Å². The maximum absolute atomic E-state index is 13.0. The van der Waals surface area contributed by atoms with Gasteiger partial charge in [-0.1, -0.05) is 43.2 Å². The van der Waals surface area contributed by atoms with Crippen molar-refractivity contribution < 1.29 is 28.6 Å². The Kier molecular flexibility index (Phi) is 9.16. The van der Waals surface area contributed by atoms with Crippen LogP contribution in [0.15, 0.2) is 30.3 Å². The number of esters is 2. The predicted octanol–water partition coefficient (Wildman–Crippen LogP) is 4.07. The molecule has 2 aliphatic rings. The number of carbonyl (C=O) groups excluding carboxylic acids is 3. The first-order valence-electron chi connectivity index (χ1n) is 12.6. The Balaban J connectivity index is 1.61. The highest BCUT2D eigenvalue weighted by atomic mass is 16.6. The minimum Gasteiger partial charge on any atom is -0.469 e. The Morgan fingerprint density at radius 2 is 1.83 bits per heavy atom. The average molecular weight is 489 g/mol. The number of hydrogen-bond acceptors (Lipinski definition) is 7. The number of nitrogens with one attached hydrogen (secondary N) is 1. The van der Waals surface area contributed by atoms with E-state index in [1.54, 1.807) is 4.90 Å². The van der Waals surface area contributed by atoms with Gasteiger partial charge in [-0.25, -0.2) is 4.79 Å². The van der Waals surface area contributed by atoms with E-state index >= 15 is 0 Å². The number of carbonyl (C=O) groups is 3. The van der Waals surface area contributed by atoms with Crippen molar-refractivity contribution in [2.24, 2.45) is 11.3 Å². The van der Waals surface area contributed by atoms with Crippen LogP contribution in [0.4, 0.5) is 4.79 Å². The molecule has 194 valence electrons. The van der Waals surface area contributed by atoms with Crippen molar-refractivity contribution in [3.8, 4) is 0 Å². The van der Waals surface area contributed by atoms with Gasteiger partial charge in [0.05, 0.1) is 12.5 Å². The lowest BCUT2D eigenvalue weighted by atomic mass is 9.83. The molecule has 1 aliphatic heterocycles. The third-order valence-corrected chi connectivity index (χ3v) is 6.94. The van der Waals surface area contributed by atoms with E-state index in [2.05, 4.69) is 5.32 Å². The maximum atomic E-state index is 13.0. The highest BCUT2D eigenvalue weighted by molar-refractivity contribution is 5.79. The summed E-state index contributed by atoms with van der Waals surface area (Å²) in [7, 11) is 1.37. The molecule has 1 aliphatic carbocycles. The molecular weight excluding hydrogens is 448 g/mol. The van der Waals surface area contributed by atoms with Gasteiger partial charge in [0.25, 0.3) is 0 Å². The van der Waals surface area contributed by atoms with Gasteiger partial charge in [-0.15, -0.1) is 0 Å². The van der Waals surface area contributed by atoms with Gasteiger partial charge in [0.1, 0.15) is 18.2 Å². The molecule has 1 saturated heterocycles. The Hall–Kier alpha value is -2.61. The van der Waals surface area contributed by atoms with E-state index in [0.29, 0.717) is 25.9 Å². The van der Waals surface area contributed by atoms with E-state index in [1.165, 1.54) is 7.11 Å². The number of ether oxygens (including phenoxy) is 3. The summed E-state index contributed by atoms with van der Waals surface area (Å²) < 4.78 is 16.3. The molecule has 8 heteroatoms. The molecule has 2 atom stereocenters. The summed E-state index contributed by atoms with van der Waals surface area (Å²) in [6.45, 7) is 6.80. The summed E-state index contributed by atoms with van der Waals surface area (Å²) in [6.07, 6.45) is 4.68. The molecule has 1 amide bonds. The van der Waals surface area contributed by atoms with Crippen LogP contribution in [0.3, 0.4) is 0 Å². The summed E-state index contributed by atoms with van der Waals surface area (Å²) in [4.78, 5) is 40.0. The topological polar surface area (TPSA) is 94.2 Å². The fraction of sp³-hybridized carbons (Fsp3) is 0.667. The molecule has 1 heterocycles. The first-order chi connectivity index (χ1) is 16.6. The van der Waals surface area contributed by atoms with Crippen molar-refractivity contribution in [2.45, 2.75) is 77.5 Å². The minimum absolute atomic E-state index is 0.217. The van der Waals surface area contributed by atoms with E-state index in [1.807, 2.05) is 51.1 Å². The molecule has 0 radical (unpaired) electrons. The van der Waals surface area contributed by atoms with Gasteiger partial charge in [-0.3, -0.25) is 9.59 Å². The van der Waals surface area contributed by atoms with Crippen molar-refractivity contribution in [2.75, 3.05) is 26.7 Å². The summed E-state index contributed by atoms with van der Waals surface area (Å²) in [5.74, 6) is -0.377. The Labute approximate surface area is 208 Å². The number of hydrogen-bond donors (Lipinski definition) is 1. The van der Waals surface area contributed by atoms with E-state index in [9.17, 15) is 14.4 Å². The zero-order valence-corrected chi connectivity index (χ0v) is 21.5. The second kappa shape index (κ2) is 11.9. The van der Waals surface area contributed by atoms with E-state index in [-0.39, 0.29) is 31.0 Å². The van der Waals surface area contributed by atoms with Gasteiger partial charge in [-0.05, 0) is 64.5 Å². The van der Waals surface area contributed by atoms with Crippen molar-refractivity contribution in [3.05, 3.63) is 35.9 Å². The van der Waals surface area contributed by atoms with Crippen molar-refractivity contribution in [3.63, 3.8) is 0 Å². The Bertz CT molecular complexity index is 862. The summed E-state index contributed by atoms with van der Waals surface area (Å²) >= 11 is 0. The van der Waals surface area contributed by atoms with Crippen LogP contribution >= 0.6 is 0 Å². The standard InChI is InChI=1S/C27H40N2O6/c1-26(2,3)35-25(32)29-17-15-27(19-29,24(31)33-4)14-16-28-22(21-12-8-9-13-21)23(30)34-18-20-10-6-5-7-11-20/h5-7,10-11,21-22,28H,8-9,12-19H2,1-4H3. The second-order valence-corrected chi connectivity index (χ2v) is 10.7. The lowest BCUT2D eigenvalue weighted by molar-refractivity contribution is -0.152. The van der Waals surface area contributed by atoms with Gasteiger partial charge >= 0.3 is 18.0 Å². The molecule has 2 unspecified atom stereocenters. The van der Waals surface area contributed by atoms with Crippen molar-refractivity contribution in [1.29, 1.82) is 0 Å². The number of amides is 1. The van der Waals surface area contributed by atoms with E-state index < -0.39 is 23.2 Å². The molecule has 35 heavy (non-hydrogen) atoms. The quantitative estimate of drug-likeness (QED) is 0.414. The van der Waals surface area contributed by atoms with Crippen LogP contribution in [0, 0.1) is 11.3 Å². The number of nitrogens with zero attached hydrogens (tertiary/aromatic N) is 1. The molecule has 8 nitrogen and oxygen atoms in total. The normalized spacial score (nSPS) is 21.5. The Morgan fingerprint density at radius 1 is 1.14 bits per heavy atom. The summed E-state index contributed by atoms with van der Waals surface area (Å²) in [5, 5.41) is 3.39. The van der Waals surface area contributed by atoms with Crippen LogP contribution in [0.25, 0.3) is 0 Å². The van der Waals surface area contributed by atoms with Crippen LogP contribution in [0.2, 0.25) is 0 Å². The Morgan fingerprint density at radius 3 is 2.46 bits per heavy atom. The third-order valence-electron chi connectivity index (χ3n) is 6.94. The smallest absolute Gasteiger partial charge is 0.410 e. The SMILES string of the molecule is COC(=O)C1(CCNC(C(=O)OCc2ccccc2)C2CCCC2)CCN(C(=O)OC(C)(C)C)C1. The van der Waals surface area contributed by atoms with Crippen molar-refractivity contribution >= 4 is 18.0 Å². The third kappa shape index (κ3) is 7.43. The lowest BCUT2D eigenvalue weighted by Crippen LogP contribution is -2.46. The number of methoxy groups -OCH3 is 1.